The van der Waals surface area contributed by atoms with Gasteiger partial charge < -0.3 is 11.1 Å². The molecule has 1 saturated heterocycles. The molecule has 0 radical (unpaired) electrons. The van der Waals surface area contributed by atoms with Crippen LogP contribution in [-0.4, -0.2) is 19.0 Å². The van der Waals surface area contributed by atoms with Gasteiger partial charge in [0, 0.05) is 6.54 Å². The molecule has 0 saturated carbocycles. The van der Waals surface area contributed by atoms with Crippen LogP contribution >= 0.6 is 0 Å². The lowest BCUT2D eigenvalue weighted by Gasteiger charge is -1.98. The van der Waals surface area contributed by atoms with Crippen molar-refractivity contribution in [1.82, 2.24) is 5.32 Å². The third-order valence-electron chi connectivity index (χ3n) is 1.46. The normalized spacial score (nSPS) is 25.1. The zero-order valence-electron chi connectivity index (χ0n) is 4.68. The zero-order chi connectivity index (χ0) is 5.98. The Kier molecular flexibility index (Phi) is 3.24. The van der Waals surface area contributed by atoms with Crippen molar-refractivity contribution in [3.63, 3.8) is 0 Å². The molecule has 1 aliphatic rings. The van der Waals surface area contributed by atoms with Crippen molar-refractivity contribution in [2.75, 3.05) is 13.1 Å². The van der Waals surface area contributed by atoms with E-state index in [1.54, 1.807) is 0 Å². The fourth-order valence-electron chi connectivity index (χ4n) is 0.897. The molecule has 1 heterocycles. The number of hydrogen-bond acceptors (Lipinski definition) is 2. The Labute approximate surface area is 55.6 Å². The van der Waals surface area contributed by atoms with Crippen LogP contribution in [0.15, 0.2) is 0 Å². The predicted molar refractivity (Wildman–Crippen MR) is 36.9 cm³/mol. The molecular weight excluding hydrogens is 116 g/mol. The average Bonchev–Trinajstić information content (AvgIpc) is 2.12. The number of amides is 1. The maximum absolute atomic E-state index is 10.4. The van der Waals surface area contributed by atoms with E-state index in [-0.39, 0.29) is 19.3 Å². The minimum atomic E-state index is -0.171. The quantitative estimate of drug-likeness (QED) is 0.513. The molecule has 0 aromatic heterocycles. The highest BCUT2D eigenvalue weighted by atomic mass is 16.1. The molecule has 9 heavy (non-hydrogen) atoms. The smallest absolute Gasteiger partial charge is 0.221 e. The Balaban J connectivity index is 0.000000640. The summed E-state index contributed by atoms with van der Waals surface area (Å²) in [5.41, 5.74) is 5.02. The average molecular weight is 130 g/mol. The van der Waals surface area contributed by atoms with Gasteiger partial charge in [-0.3, -0.25) is 4.79 Å². The van der Waals surface area contributed by atoms with Gasteiger partial charge in [-0.1, -0.05) is 7.43 Å². The van der Waals surface area contributed by atoms with E-state index in [0.717, 1.165) is 19.5 Å². The second kappa shape index (κ2) is 3.45. The molecule has 1 fully saturated rings. The van der Waals surface area contributed by atoms with Gasteiger partial charge in [-0.05, 0) is 13.0 Å². The summed E-state index contributed by atoms with van der Waals surface area (Å²) < 4.78 is 0. The summed E-state index contributed by atoms with van der Waals surface area (Å²) in [6.07, 6.45) is 0.912. The Morgan fingerprint density at radius 1 is 1.67 bits per heavy atom. The fraction of sp³-hybridized carbons (Fsp3) is 0.833. The molecule has 0 aliphatic carbocycles. The Morgan fingerprint density at radius 2 is 2.33 bits per heavy atom. The molecule has 0 aromatic rings. The van der Waals surface area contributed by atoms with Crippen molar-refractivity contribution in [2.24, 2.45) is 11.7 Å². The second-order valence-electron chi connectivity index (χ2n) is 2.09. The Hall–Kier alpha value is -0.570. The van der Waals surface area contributed by atoms with Crippen LogP contribution in [0.5, 0.6) is 0 Å². The van der Waals surface area contributed by atoms with E-state index in [9.17, 15) is 4.79 Å². The van der Waals surface area contributed by atoms with Gasteiger partial charge in [-0.25, -0.2) is 0 Å². The highest BCUT2D eigenvalue weighted by molar-refractivity contribution is 5.77. The van der Waals surface area contributed by atoms with Gasteiger partial charge in [0.05, 0.1) is 5.92 Å². The van der Waals surface area contributed by atoms with Crippen LogP contribution in [0.3, 0.4) is 0 Å². The molecular formula is C6H14N2O. The number of carbonyl (C=O) groups is 1. The molecule has 0 aromatic carbocycles. The lowest BCUT2D eigenvalue weighted by atomic mass is 10.1. The lowest BCUT2D eigenvalue weighted by Crippen LogP contribution is -2.24. The molecule has 1 aliphatic heterocycles. The van der Waals surface area contributed by atoms with Crippen molar-refractivity contribution >= 4 is 5.91 Å². The number of primary amides is 1. The largest absolute Gasteiger partial charge is 0.369 e. The predicted octanol–water partition coefficient (Wildman–Crippen LogP) is -0.283. The van der Waals surface area contributed by atoms with E-state index in [1.807, 2.05) is 0 Å². The van der Waals surface area contributed by atoms with Crippen molar-refractivity contribution in [3.8, 4) is 0 Å². The van der Waals surface area contributed by atoms with Gasteiger partial charge in [0.1, 0.15) is 0 Å². The van der Waals surface area contributed by atoms with E-state index >= 15 is 0 Å². The first-order chi connectivity index (χ1) is 3.80. The van der Waals surface area contributed by atoms with Crippen LogP contribution in [0.1, 0.15) is 13.8 Å². The van der Waals surface area contributed by atoms with Crippen LogP contribution in [0.2, 0.25) is 0 Å². The summed E-state index contributed by atoms with van der Waals surface area (Å²) in [6.45, 7) is 1.71. The van der Waals surface area contributed by atoms with Crippen LogP contribution in [-0.2, 0) is 4.79 Å². The number of carbonyl (C=O) groups excluding carboxylic acids is 1. The minimum Gasteiger partial charge on any atom is -0.369 e. The van der Waals surface area contributed by atoms with Crippen molar-refractivity contribution in [3.05, 3.63) is 0 Å². The van der Waals surface area contributed by atoms with Crippen molar-refractivity contribution < 1.29 is 4.79 Å². The topological polar surface area (TPSA) is 55.1 Å². The Morgan fingerprint density at radius 3 is 2.56 bits per heavy atom. The van der Waals surface area contributed by atoms with E-state index in [1.165, 1.54) is 0 Å². The summed E-state index contributed by atoms with van der Waals surface area (Å²) >= 11 is 0. The number of hydrogen-bond donors (Lipinski definition) is 2. The molecule has 3 nitrogen and oxygen atoms in total. The van der Waals surface area contributed by atoms with Gasteiger partial charge in [0.2, 0.25) is 5.91 Å². The van der Waals surface area contributed by atoms with Gasteiger partial charge >= 0.3 is 0 Å². The minimum absolute atomic E-state index is 0. The molecule has 1 atom stereocenters. The maximum Gasteiger partial charge on any atom is 0.221 e. The van der Waals surface area contributed by atoms with Gasteiger partial charge in [0.25, 0.3) is 0 Å². The van der Waals surface area contributed by atoms with E-state index in [4.69, 9.17) is 5.73 Å². The first-order valence-electron chi connectivity index (χ1n) is 2.81. The number of rotatable bonds is 1. The number of nitrogens with one attached hydrogen (secondary N) is 1. The summed E-state index contributed by atoms with van der Waals surface area (Å²) in [4.78, 5) is 10.4. The Bertz CT molecular complexity index is 97.2. The molecule has 0 unspecified atom stereocenters. The second-order valence-corrected chi connectivity index (χ2v) is 2.09. The van der Waals surface area contributed by atoms with Crippen LogP contribution in [0, 0.1) is 5.92 Å². The standard InChI is InChI=1S/C5H10N2O.CH4/c6-5(8)4-1-2-7-3-4;/h4,7H,1-3H2,(H2,6,8);1H4/t4-;/m1./s1. The van der Waals surface area contributed by atoms with E-state index in [2.05, 4.69) is 5.32 Å². The molecule has 54 valence electrons. The van der Waals surface area contributed by atoms with Crippen molar-refractivity contribution in [2.45, 2.75) is 13.8 Å². The lowest BCUT2D eigenvalue weighted by molar-refractivity contribution is -0.121. The van der Waals surface area contributed by atoms with E-state index < -0.39 is 0 Å². The number of nitrogens with two attached hydrogens (primary N) is 1. The monoisotopic (exact) mass is 130 g/mol. The van der Waals surface area contributed by atoms with Crippen LogP contribution in [0.4, 0.5) is 0 Å². The zero-order valence-corrected chi connectivity index (χ0v) is 4.68. The van der Waals surface area contributed by atoms with Gasteiger partial charge in [-0.2, -0.15) is 0 Å². The highest BCUT2D eigenvalue weighted by Crippen LogP contribution is 2.04. The first kappa shape index (κ1) is 8.43. The van der Waals surface area contributed by atoms with Gasteiger partial charge in [-0.15, -0.1) is 0 Å². The van der Waals surface area contributed by atoms with Gasteiger partial charge in [0.15, 0.2) is 0 Å². The molecule has 3 heteroatoms. The molecule has 3 N–H and O–H groups in total. The molecule has 0 bridgehead atoms. The van der Waals surface area contributed by atoms with Crippen LogP contribution < -0.4 is 11.1 Å². The molecule has 1 rings (SSSR count). The maximum atomic E-state index is 10.4. The molecule has 0 spiro atoms. The first-order valence-corrected chi connectivity index (χ1v) is 2.81. The van der Waals surface area contributed by atoms with Crippen molar-refractivity contribution in [1.29, 1.82) is 0 Å². The third kappa shape index (κ3) is 2.01. The summed E-state index contributed by atoms with van der Waals surface area (Å²) in [5.74, 6) is -0.0787. The SMILES string of the molecule is C.NC(=O)[C@@H]1CCNC1. The van der Waals surface area contributed by atoms with E-state index in [0.29, 0.717) is 0 Å². The summed E-state index contributed by atoms with van der Waals surface area (Å²) in [5, 5.41) is 3.05. The highest BCUT2D eigenvalue weighted by Gasteiger charge is 2.18. The molecule has 1 amide bonds. The summed E-state index contributed by atoms with van der Waals surface area (Å²) in [6, 6.07) is 0. The summed E-state index contributed by atoms with van der Waals surface area (Å²) in [7, 11) is 0. The fourth-order valence-corrected chi connectivity index (χ4v) is 0.897. The van der Waals surface area contributed by atoms with Crippen LogP contribution in [0.25, 0.3) is 0 Å². The third-order valence-corrected chi connectivity index (χ3v) is 1.46.